The summed E-state index contributed by atoms with van der Waals surface area (Å²) >= 11 is 0. The zero-order valence-electron chi connectivity index (χ0n) is 11.2. The van der Waals surface area contributed by atoms with Crippen molar-refractivity contribution in [1.82, 2.24) is 10.2 Å². The van der Waals surface area contributed by atoms with E-state index in [1.807, 2.05) is 0 Å². The quantitative estimate of drug-likeness (QED) is 0.670. The lowest BCUT2D eigenvalue weighted by Crippen LogP contribution is -2.41. The van der Waals surface area contributed by atoms with Crippen molar-refractivity contribution >= 4 is 17.8 Å². The van der Waals surface area contributed by atoms with Gasteiger partial charge in [0, 0.05) is 25.9 Å². The topological polar surface area (TPSA) is 120 Å². The summed E-state index contributed by atoms with van der Waals surface area (Å²) in [7, 11) is 0. The molecule has 3 N–H and O–H groups in total. The zero-order chi connectivity index (χ0) is 15.4. The third-order valence-electron chi connectivity index (χ3n) is 3.25. The van der Waals surface area contributed by atoms with Crippen LogP contribution in [0, 0.1) is 0 Å². The van der Waals surface area contributed by atoms with Gasteiger partial charge in [0.15, 0.2) is 5.76 Å². The van der Waals surface area contributed by atoms with Gasteiger partial charge in [-0.05, 0) is 12.1 Å². The van der Waals surface area contributed by atoms with E-state index in [0.717, 1.165) is 4.90 Å². The third kappa shape index (κ3) is 3.60. The molecular weight excluding hydrogens is 280 g/mol. The van der Waals surface area contributed by atoms with Crippen LogP contribution in [-0.2, 0) is 9.59 Å². The van der Waals surface area contributed by atoms with E-state index in [2.05, 4.69) is 5.32 Å². The number of likely N-dealkylation sites (tertiary alicyclic amines) is 1. The highest BCUT2D eigenvalue weighted by Crippen LogP contribution is 2.18. The Hall–Kier alpha value is -2.35. The summed E-state index contributed by atoms with van der Waals surface area (Å²) < 4.78 is 4.90. The Morgan fingerprint density at radius 3 is 2.81 bits per heavy atom. The summed E-state index contributed by atoms with van der Waals surface area (Å²) in [5, 5.41) is 21.0. The van der Waals surface area contributed by atoms with Gasteiger partial charge >= 0.3 is 5.97 Å². The van der Waals surface area contributed by atoms with Gasteiger partial charge in [0.1, 0.15) is 6.04 Å². The predicted molar refractivity (Wildman–Crippen MR) is 69.4 cm³/mol. The Bertz CT molecular complexity index is 527. The van der Waals surface area contributed by atoms with E-state index in [1.54, 1.807) is 6.07 Å². The molecule has 1 aliphatic heterocycles. The Labute approximate surface area is 120 Å². The van der Waals surface area contributed by atoms with Gasteiger partial charge in [0.25, 0.3) is 5.91 Å². The van der Waals surface area contributed by atoms with Gasteiger partial charge in [-0.25, -0.2) is 4.79 Å². The Morgan fingerprint density at radius 1 is 1.43 bits per heavy atom. The Balaban J connectivity index is 1.81. The lowest BCUT2D eigenvalue weighted by Gasteiger charge is -2.21. The van der Waals surface area contributed by atoms with Crippen LogP contribution >= 0.6 is 0 Å². The first-order valence-electron chi connectivity index (χ1n) is 6.51. The first-order valence-corrected chi connectivity index (χ1v) is 6.51. The maximum Gasteiger partial charge on any atom is 0.326 e. The molecule has 1 aromatic heterocycles. The average Bonchev–Trinajstić information content (AvgIpc) is 3.07. The summed E-state index contributed by atoms with van der Waals surface area (Å²) in [5.41, 5.74) is 0. The molecule has 0 aliphatic carbocycles. The SMILES string of the molecule is O=C(NCCC(=O)N1C[C@H](O)C[C@@H]1C(=O)O)c1ccco1. The van der Waals surface area contributed by atoms with Gasteiger partial charge in [-0.3, -0.25) is 9.59 Å². The number of carbonyl (C=O) groups excluding carboxylic acids is 2. The summed E-state index contributed by atoms with van der Waals surface area (Å²) in [5.74, 6) is -1.86. The van der Waals surface area contributed by atoms with E-state index in [1.165, 1.54) is 12.3 Å². The molecule has 0 unspecified atom stereocenters. The number of carboxylic acid groups (broad SMARTS) is 1. The van der Waals surface area contributed by atoms with Gasteiger partial charge in [-0.2, -0.15) is 0 Å². The number of furan rings is 1. The van der Waals surface area contributed by atoms with E-state index in [9.17, 15) is 19.5 Å². The molecule has 0 radical (unpaired) electrons. The van der Waals surface area contributed by atoms with E-state index >= 15 is 0 Å². The van der Waals surface area contributed by atoms with Gasteiger partial charge in [0.05, 0.1) is 12.4 Å². The van der Waals surface area contributed by atoms with Gasteiger partial charge in [0.2, 0.25) is 5.91 Å². The molecule has 8 heteroatoms. The predicted octanol–water partition coefficient (Wildman–Crippen LogP) is -0.554. The molecule has 0 spiro atoms. The van der Waals surface area contributed by atoms with Crippen LogP contribution < -0.4 is 5.32 Å². The minimum Gasteiger partial charge on any atom is -0.480 e. The third-order valence-corrected chi connectivity index (χ3v) is 3.25. The second-order valence-electron chi connectivity index (χ2n) is 4.77. The fraction of sp³-hybridized carbons (Fsp3) is 0.462. The van der Waals surface area contributed by atoms with Crippen LogP contribution in [0.2, 0.25) is 0 Å². The number of rotatable bonds is 5. The monoisotopic (exact) mass is 296 g/mol. The molecule has 2 heterocycles. The summed E-state index contributed by atoms with van der Waals surface area (Å²) in [6.07, 6.45) is 0.527. The fourth-order valence-electron chi connectivity index (χ4n) is 2.24. The Kier molecular flexibility index (Phi) is 4.59. The van der Waals surface area contributed by atoms with Crippen molar-refractivity contribution in [2.75, 3.05) is 13.1 Å². The highest BCUT2D eigenvalue weighted by atomic mass is 16.4. The van der Waals surface area contributed by atoms with Crippen molar-refractivity contribution in [2.24, 2.45) is 0 Å². The fourth-order valence-corrected chi connectivity index (χ4v) is 2.24. The number of nitrogens with zero attached hydrogens (tertiary/aromatic N) is 1. The molecule has 2 atom stereocenters. The van der Waals surface area contributed by atoms with Gasteiger partial charge in [-0.15, -0.1) is 0 Å². The van der Waals surface area contributed by atoms with Crippen LogP contribution in [0.4, 0.5) is 0 Å². The van der Waals surface area contributed by atoms with Crippen LogP contribution in [0.3, 0.4) is 0 Å². The molecule has 1 aliphatic rings. The number of aliphatic carboxylic acids is 1. The number of carbonyl (C=O) groups is 3. The standard InChI is InChI=1S/C13H16N2O6/c16-8-6-9(13(19)20)15(7-8)11(17)3-4-14-12(18)10-2-1-5-21-10/h1-2,5,8-9,16H,3-4,6-7H2,(H,14,18)(H,19,20)/t8-,9-/m1/s1. The molecular formula is C13H16N2O6. The van der Waals surface area contributed by atoms with Crippen LogP contribution in [0.15, 0.2) is 22.8 Å². The number of nitrogens with one attached hydrogen (secondary N) is 1. The maximum atomic E-state index is 12.0. The van der Waals surface area contributed by atoms with Crippen molar-refractivity contribution in [1.29, 1.82) is 0 Å². The molecule has 1 fully saturated rings. The molecule has 114 valence electrons. The Morgan fingerprint density at radius 2 is 2.19 bits per heavy atom. The molecule has 1 saturated heterocycles. The first kappa shape index (κ1) is 15.0. The van der Waals surface area contributed by atoms with Gasteiger partial charge < -0.3 is 24.8 Å². The van der Waals surface area contributed by atoms with E-state index < -0.39 is 29.9 Å². The number of β-amino-alcohol motifs (C(OH)–C–C–N with tert-alkyl or cyclic N) is 1. The van der Waals surface area contributed by atoms with E-state index in [0.29, 0.717) is 0 Å². The molecule has 8 nitrogen and oxygen atoms in total. The normalized spacial score (nSPS) is 21.3. The lowest BCUT2D eigenvalue weighted by molar-refractivity contribution is -0.148. The average molecular weight is 296 g/mol. The minimum atomic E-state index is -1.14. The van der Waals surface area contributed by atoms with E-state index in [-0.39, 0.29) is 31.7 Å². The number of hydrogen-bond acceptors (Lipinski definition) is 5. The molecule has 0 aromatic carbocycles. The van der Waals surface area contributed by atoms with Crippen LogP contribution in [0.1, 0.15) is 23.4 Å². The summed E-state index contributed by atoms with van der Waals surface area (Å²) in [6, 6.07) is 2.06. The van der Waals surface area contributed by atoms with Crippen molar-refractivity contribution in [3.63, 3.8) is 0 Å². The van der Waals surface area contributed by atoms with Crippen LogP contribution in [0.5, 0.6) is 0 Å². The zero-order valence-corrected chi connectivity index (χ0v) is 11.2. The number of hydrogen-bond donors (Lipinski definition) is 3. The molecule has 0 saturated carbocycles. The second-order valence-corrected chi connectivity index (χ2v) is 4.77. The summed E-state index contributed by atoms with van der Waals surface area (Å²) in [4.78, 5) is 35.7. The lowest BCUT2D eigenvalue weighted by atomic mass is 10.2. The molecule has 21 heavy (non-hydrogen) atoms. The summed E-state index contributed by atoms with van der Waals surface area (Å²) in [6.45, 7) is 0.0687. The highest BCUT2D eigenvalue weighted by Gasteiger charge is 2.38. The molecule has 2 rings (SSSR count). The molecule has 1 aromatic rings. The van der Waals surface area contributed by atoms with Crippen LogP contribution in [-0.4, -0.2) is 58.1 Å². The number of aliphatic hydroxyl groups excluding tert-OH is 1. The molecule has 2 amide bonds. The largest absolute Gasteiger partial charge is 0.480 e. The first-order chi connectivity index (χ1) is 9.99. The van der Waals surface area contributed by atoms with Crippen molar-refractivity contribution < 1.29 is 29.0 Å². The number of amides is 2. The second kappa shape index (κ2) is 6.40. The minimum absolute atomic E-state index is 0.00191. The maximum absolute atomic E-state index is 12.0. The van der Waals surface area contributed by atoms with Crippen molar-refractivity contribution in [3.8, 4) is 0 Å². The highest BCUT2D eigenvalue weighted by molar-refractivity contribution is 5.91. The molecule has 0 bridgehead atoms. The van der Waals surface area contributed by atoms with E-state index in [4.69, 9.17) is 9.52 Å². The van der Waals surface area contributed by atoms with Crippen LogP contribution in [0.25, 0.3) is 0 Å². The van der Waals surface area contributed by atoms with Crippen molar-refractivity contribution in [2.45, 2.75) is 25.0 Å². The van der Waals surface area contributed by atoms with Crippen molar-refractivity contribution in [3.05, 3.63) is 24.2 Å². The number of aliphatic hydroxyl groups is 1. The van der Waals surface area contributed by atoms with Gasteiger partial charge in [-0.1, -0.05) is 0 Å². The number of carboxylic acids is 1. The smallest absolute Gasteiger partial charge is 0.326 e.